The Bertz CT molecular complexity index is 641. The van der Waals surface area contributed by atoms with Gasteiger partial charge in [0.2, 0.25) is 5.75 Å². The van der Waals surface area contributed by atoms with Crippen molar-refractivity contribution < 1.29 is 24.1 Å². The van der Waals surface area contributed by atoms with Gasteiger partial charge in [0, 0.05) is 23.7 Å². The summed E-state index contributed by atoms with van der Waals surface area (Å²) in [4.78, 5) is 0. The predicted octanol–water partition coefficient (Wildman–Crippen LogP) is 2.93. The Morgan fingerprint density at radius 1 is 1.00 bits per heavy atom. The van der Waals surface area contributed by atoms with E-state index < -0.39 is 34.9 Å². The van der Waals surface area contributed by atoms with Crippen molar-refractivity contribution in [2.24, 2.45) is 0 Å². The zero-order valence-electron chi connectivity index (χ0n) is 11.3. The van der Waals surface area contributed by atoms with Gasteiger partial charge in [0.25, 0.3) is 0 Å². The molecule has 1 unspecified atom stereocenters. The Labute approximate surface area is 120 Å². The van der Waals surface area contributed by atoms with Gasteiger partial charge >= 0.3 is 0 Å². The van der Waals surface area contributed by atoms with E-state index in [9.17, 15) is 24.1 Å². The largest absolute Gasteiger partial charge is 0.504 e. The number of phenolic OH excluding ortho intramolecular Hbond substituents is 3. The van der Waals surface area contributed by atoms with Gasteiger partial charge in [0.1, 0.15) is 11.6 Å². The summed E-state index contributed by atoms with van der Waals surface area (Å²) in [5.74, 6) is -2.85. The van der Waals surface area contributed by atoms with Gasteiger partial charge in [-0.3, -0.25) is 0 Å². The minimum atomic E-state index is -0.659. The van der Waals surface area contributed by atoms with E-state index in [1.54, 1.807) is 6.92 Å². The highest BCUT2D eigenvalue weighted by molar-refractivity contribution is 5.53. The number of hydrogen-bond donors (Lipinski definition) is 4. The number of aromatic hydroxyl groups is 3. The molecule has 2 rings (SSSR count). The van der Waals surface area contributed by atoms with Crippen LogP contribution in [0.25, 0.3) is 0 Å². The zero-order chi connectivity index (χ0) is 15.6. The van der Waals surface area contributed by atoms with Crippen molar-refractivity contribution in [2.45, 2.75) is 19.5 Å². The number of halogens is 2. The van der Waals surface area contributed by atoms with Crippen LogP contribution in [-0.4, -0.2) is 15.3 Å². The number of phenols is 3. The molecule has 2 aromatic carbocycles. The molecule has 0 spiro atoms. The SMILES string of the molecule is CC(NCc1ccc(O)c(O)c1O)c1c(F)cccc1F. The molecule has 0 heterocycles. The molecule has 112 valence electrons. The molecule has 0 aliphatic rings. The third-order valence-electron chi connectivity index (χ3n) is 3.24. The standard InChI is InChI=1S/C15H15F2NO3/c1-8(13-10(16)3-2-4-11(13)17)18-7-9-5-6-12(19)15(21)14(9)20/h2-6,8,18-21H,7H2,1H3. The van der Waals surface area contributed by atoms with Crippen LogP contribution in [0, 0.1) is 11.6 Å². The number of rotatable bonds is 4. The van der Waals surface area contributed by atoms with Gasteiger partial charge in [-0.25, -0.2) is 8.78 Å². The summed E-state index contributed by atoms with van der Waals surface area (Å²) in [7, 11) is 0. The van der Waals surface area contributed by atoms with Crippen molar-refractivity contribution >= 4 is 0 Å². The zero-order valence-corrected chi connectivity index (χ0v) is 11.3. The van der Waals surface area contributed by atoms with Gasteiger partial charge in [-0.2, -0.15) is 0 Å². The molecule has 0 fully saturated rings. The average Bonchev–Trinajstić information content (AvgIpc) is 2.44. The lowest BCUT2D eigenvalue weighted by molar-refractivity contribution is 0.363. The topological polar surface area (TPSA) is 72.7 Å². The van der Waals surface area contributed by atoms with Crippen LogP contribution in [0.3, 0.4) is 0 Å². The highest BCUT2D eigenvalue weighted by Crippen LogP contribution is 2.37. The highest BCUT2D eigenvalue weighted by Gasteiger charge is 2.17. The van der Waals surface area contributed by atoms with Crippen LogP contribution in [0.4, 0.5) is 8.78 Å². The summed E-state index contributed by atoms with van der Waals surface area (Å²) in [5, 5.41) is 31.2. The minimum Gasteiger partial charge on any atom is -0.504 e. The second-order valence-corrected chi connectivity index (χ2v) is 4.68. The Morgan fingerprint density at radius 2 is 1.62 bits per heavy atom. The fraction of sp³-hybridized carbons (Fsp3) is 0.200. The summed E-state index contributed by atoms with van der Waals surface area (Å²) in [6.07, 6.45) is 0. The van der Waals surface area contributed by atoms with Crippen LogP contribution in [0.5, 0.6) is 17.2 Å². The van der Waals surface area contributed by atoms with Crippen molar-refractivity contribution in [3.8, 4) is 17.2 Å². The normalized spacial score (nSPS) is 12.3. The maximum atomic E-state index is 13.6. The number of nitrogens with one attached hydrogen (secondary N) is 1. The van der Waals surface area contributed by atoms with Crippen molar-refractivity contribution in [1.82, 2.24) is 5.32 Å². The Kier molecular flexibility index (Phi) is 4.28. The van der Waals surface area contributed by atoms with E-state index in [-0.39, 0.29) is 12.1 Å². The van der Waals surface area contributed by atoms with Gasteiger partial charge in [-0.1, -0.05) is 12.1 Å². The van der Waals surface area contributed by atoms with Crippen LogP contribution >= 0.6 is 0 Å². The molecule has 4 N–H and O–H groups in total. The van der Waals surface area contributed by atoms with E-state index in [0.29, 0.717) is 5.56 Å². The number of benzene rings is 2. The van der Waals surface area contributed by atoms with Gasteiger partial charge in [-0.15, -0.1) is 0 Å². The minimum absolute atomic E-state index is 0.0641. The van der Waals surface area contributed by atoms with Gasteiger partial charge in [0.05, 0.1) is 0 Å². The molecule has 0 saturated carbocycles. The molecule has 0 amide bonds. The first kappa shape index (κ1) is 15.1. The first-order valence-corrected chi connectivity index (χ1v) is 6.32. The molecule has 0 aromatic heterocycles. The fourth-order valence-corrected chi connectivity index (χ4v) is 2.04. The maximum absolute atomic E-state index is 13.6. The third kappa shape index (κ3) is 3.05. The van der Waals surface area contributed by atoms with Crippen molar-refractivity contribution in [2.75, 3.05) is 0 Å². The molecule has 0 radical (unpaired) electrons. The molecular formula is C15H15F2NO3. The lowest BCUT2D eigenvalue weighted by atomic mass is 10.1. The van der Waals surface area contributed by atoms with Gasteiger partial charge in [0.15, 0.2) is 11.5 Å². The first-order chi connectivity index (χ1) is 9.91. The van der Waals surface area contributed by atoms with E-state index in [0.717, 1.165) is 0 Å². The molecule has 21 heavy (non-hydrogen) atoms. The molecule has 1 atom stereocenters. The Balaban J connectivity index is 2.15. The van der Waals surface area contributed by atoms with Crippen molar-refractivity contribution in [3.63, 3.8) is 0 Å². The van der Waals surface area contributed by atoms with E-state index >= 15 is 0 Å². The van der Waals surface area contributed by atoms with Crippen LogP contribution in [0.15, 0.2) is 30.3 Å². The Hall–Kier alpha value is -2.34. The summed E-state index contributed by atoms with van der Waals surface area (Å²) >= 11 is 0. The average molecular weight is 295 g/mol. The van der Waals surface area contributed by atoms with E-state index in [1.165, 1.54) is 30.3 Å². The van der Waals surface area contributed by atoms with Crippen LogP contribution in [0.2, 0.25) is 0 Å². The van der Waals surface area contributed by atoms with Crippen LogP contribution in [0.1, 0.15) is 24.1 Å². The second-order valence-electron chi connectivity index (χ2n) is 4.68. The van der Waals surface area contributed by atoms with Gasteiger partial charge in [-0.05, 0) is 25.1 Å². The molecule has 2 aromatic rings. The second kappa shape index (κ2) is 5.97. The summed E-state index contributed by atoms with van der Waals surface area (Å²) < 4.78 is 27.2. The van der Waals surface area contributed by atoms with Gasteiger partial charge < -0.3 is 20.6 Å². The van der Waals surface area contributed by atoms with E-state index in [2.05, 4.69) is 5.32 Å². The highest BCUT2D eigenvalue weighted by atomic mass is 19.1. The summed E-state index contributed by atoms with van der Waals surface area (Å²) in [5.41, 5.74) is 0.203. The molecule has 0 saturated heterocycles. The van der Waals surface area contributed by atoms with Crippen LogP contribution < -0.4 is 5.32 Å². The predicted molar refractivity (Wildman–Crippen MR) is 73.0 cm³/mol. The van der Waals surface area contributed by atoms with Crippen molar-refractivity contribution in [3.05, 3.63) is 53.1 Å². The molecular weight excluding hydrogens is 280 g/mol. The molecule has 4 nitrogen and oxygen atoms in total. The lowest BCUT2D eigenvalue weighted by Crippen LogP contribution is -2.20. The van der Waals surface area contributed by atoms with Crippen LogP contribution in [-0.2, 0) is 6.54 Å². The first-order valence-electron chi connectivity index (χ1n) is 6.32. The van der Waals surface area contributed by atoms with E-state index in [1.807, 2.05) is 0 Å². The summed E-state index contributed by atoms with van der Waals surface area (Å²) in [6, 6.07) is 5.61. The monoisotopic (exact) mass is 295 g/mol. The smallest absolute Gasteiger partial charge is 0.200 e. The molecule has 0 aliphatic heterocycles. The molecule has 0 aliphatic carbocycles. The molecule has 0 bridgehead atoms. The maximum Gasteiger partial charge on any atom is 0.200 e. The fourth-order valence-electron chi connectivity index (χ4n) is 2.04. The number of hydrogen-bond acceptors (Lipinski definition) is 4. The molecule has 6 heteroatoms. The Morgan fingerprint density at radius 3 is 2.24 bits per heavy atom. The van der Waals surface area contributed by atoms with E-state index in [4.69, 9.17) is 0 Å². The quantitative estimate of drug-likeness (QED) is 0.654. The lowest BCUT2D eigenvalue weighted by Gasteiger charge is -2.16. The summed E-state index contributed by atoms with van der Waals surface area (Å²) in [6.45, 7) is 1.65. The third-order valence-corrected chi connectivity index (χ3v) is 3.24. The van der Waals surface area contributed by atoms with Crippen molar-refractivity contribution in [1.29, 1.82) is 0 Å².